The molecule has 1 aromatic carbocycles. The topological polar surface area (TPSA) is 91.2 Å². The minimum atomic E-state index is -0.585. The van der Waals surface area contributed by atoms with Crippen LogP contribution in [-0.2, 0) is 0 Å². The molecule has 1 aliphatic heterocycles. The number of likely N-dealkylation sites (tertiary alicyclic amines) is 1. The first-order chi connectivity index (χ1) is 11.7. The van der Waals surface area contributed by atoms with Crippen molar-refractivity contribution in [3.63, 3.8) is 0 Å². The lowest BCUT2D eigenvalue weighted by Gasteiger charge is -2.37. The van der Waals surface area contributed by atoms with Gasteiger partial charge in [0.2, 0.25) is 0 Å². The molecule has 2 aromatic rings. The van der Waals surface area contributed by atoms with Crippen LogP contribution in [0.4, 0.5) is 10.5 Å². The summed E-state index contributed by atoms with van der Waals surface area (Å²) in [4.78, 5) is 28.1. The van der Waals surface area contributed by atoms with Gasteiger partial charge in [0.15, 0.2) is 5.82 Å². The van der Waals surface area contributed by atoms with E-state index >= 15 is 0 Å². The molecule has 2 aliphatic rings. The Morgan fingerprint density at radius 1 is 1.21 bits per heavy atom. The highest BCUT2D eigenvalue weighted by atomic mass is 16.5. The normalized spacial score (nSPS) is 23.1. The average molecular weight is 328 g/mol. The van der Waals surface area contributed by atoms with Crippen LogP contribution in [0.25, 0.3) is 11.4 Å². The predicted octanol–water partition coefficient (Wildman–Crippen LogP) is 2.83. The number of hydrogen-bond donors (Lipinski definition) is 2. The third kappa shape index (κ3) is 2.81. The fraction of sp³-hybridized carbons (Fsp3) is 0.471. The number of benzene rings is 1. The quantitative estimate of drug-likeness (QED) is 0.887. The Balaban J connectivity index is 1.45. The van der Waals surface area contributed by atoms with Crippen molar-refractivity contribution in [2.24, 2.45) is 5.92 Å². The number of rotatable bonds is 2. The van der Waals surface area contributed by atoms with Crippen LogP contribution in [0.3, 0.4) is 0 Å². The van der Waals surface area contributed by atoms with Crippen LogP contribution in [-0.4, -0.2) is 33.7 Å². The summed E-state index contributed by atoms with van der Waals surface area (Å²) in [6, 6.07) is 7.56. The van der Waals surface area contributed by atoms with Gasteiger partial charge in [0.1, 0.15) is 0 Å². The molecule has 1 saturated carbocycles. The molecule has 1 saturated heterocycles. The highest BCUT2D eigenvalue weighted by Gasteiger charge is 2.37. The summed E-state index contributed by atoms with van der Waals surface area (Å²) in [5, 5.41) is 6.63. The van der Waals surface area contributed by atoms with E-state index in [9.17, 15) is 9.59 Å². The summed E-state index contributed by atoms with van der Waals surface area (Å²) in [6.45, 7) is 0.839. The fourth-order valence-electron chi connectivity index (χ4n) is 3.97. The van der Waals surface area contributed by atoms with Crippen LogP contribution in [0.2, 0.25) is 0 Å². The first kappa shape index (κ1) is 15.0. The third-order valence-electron chi connectivity index (χ3n) is 5.10. The average Bonchev–Trinajstić information content (AvgIpc) is 3.24. The van der Waals surface area contributed by atoms with Gasteiger partial charge in [0.05, 0.1) is 0 Å². The lowest BCUT2D eigenvalue weighted by molar-refractivity contribution is 0.138. The molecule has 1 aliphatic carbocycles. The molecule has 2 fully saturated rings. The molecule has 2 N–H and O–H groups in total. The number of carbonyl (C=O) groups is 1. The van der Waals surface area contributed by atoms with Crippen LogP contribution in [0.5, 0.6) is 0 Å². The second-order valence-electron chi connectivity index (χ2n) is 6.55. The summed E-state index contributed by atoms with van der Waals surface area (Å²) >= 11 is 0. The number of amides is 2. The standard InChI is InChI=1S/C17H20N4O3/c22-16(21-10-2-4-11-3-1-5-14(11)21)18-13-8-6-12(7-9-13)15-19-17(23)24-20-15/h6-9,11,14H,1-5,10H2,(H,18,22)(H,19,20,23)/t11-,14+/m0/s1. The van der Waals surface area contributed by atoms with Gasteiger partial charge in [0, 0.05) is 23.8 Å². The van der Waals surface area contributed by atoms with Crippen molar-refractivity contribution in [3.8, 4) is 11.4 Å². The number of aromatic nitrogens is 2. The van der Waals surface area contributed by atoms with Gasteiger partial charge < -0.3 is 10.2 Å². The maximum Gasteiger partial charge on any atom is 0.439 e. The molecule has 2 atom stereocenters. The van der Waals surface area contributed by atoms with Crippen molar-refractivity contribution in [2.45, 2.75) is 38.1 Å². The number of nitrogens with one attached hydrogen (secondary N) is 2. The Morgan fingerprint density at radius 2 is 2.00 bits per heavy atom. The van der Waals surface area contributed by atoms with E-state index in [1.54, 1.807) is 24.3 Å². The van der Waals surface area contributed by atoms with Crippen LogP contribution < -0.4 is 11.1 Å². The highest BCUT2D eigenvalue weighted by molar-refractivity contribution is 5.90. The molecule has 126 valence electrons. The Hall–Kier alpha value is -2.57. The third-order valence-corrected chi connectivity index (χ3v) is 5.10. The number of H-pyrrole nitrogens is 1. The van der Waals surface area contributed by atoms with Gasteiger partial charge in [-0.1, -0.05) is 11.6 Å². The number of urea groups is 1. The summed E-state index contributed by atoms with van der Waals surface area (Å²) < 4.78 is 4.50. The second kappa shape index (κ2) is 6.14. The highest BCUT2D eigenvalue weighted by Crippen LogP contribution is 2.37. The lowest BCUT2D eigenvalue weighted by Crippen LogP contribution is -2.48. The molecule has 24 heavy (non-hydrogen) atoms. The largest absolute Gasteiger partial charge is 0.439 e. The van der Waals surface area contributed by atoms with E-state index in [0.29, 0.717) is 17.8 Å². The molecule has 2 amide bonds. The van der Waals surface area contributed by atoms with E-state index < -0.39 is 5.76 Å². The number of piperidine rings is 1. The van der Waals surface area contributed by atoms with Gasteiger partial charge in [-0.25, -0.2) is 9.59 Å². The minimum absolute atomic E-state index is 0.0193. The molecule has 4 rings (SSSR count). The minimum Gasteiger partial charge on any atom is -0.321 e. The Bertz CT molecular complexity index is 780. The molecule has 1 aromatic heterocycles. The van der Waals surface area contributed by atoms with Crippen molar-refractivity contribution >= 4 is 11.7 Å². The predicted molar refractivity (Wildman–Crippen MR) is 88.6 cm³/mol. The van der Waals surface area contributed by atoms with Crippen LogP contribution >= 0.6 is 0 Å². The summed E-state index contributed by atoms with van der Waals surface area (Å²) in [6.07, 6.45) is 5.94. The molecule has 0 spiro atoms. The van der Waals surface area contributed by atoms with Crippen molar-refractivity contribution in [3.05, 3.63) is 34.8 Å². The zero-order valence-electron chi connectivity index (χ0n) is 13.3. The molecule has 7 nitrogen and oxygen atoms in total. The zero-order chi connectivity index (χ0) is 16.5. The summed E-state index contributed by atoms with van der Waals surface area (Å²) in [5.41, 5.74) is 1.46. The number of fused-ring (bicyclic) bond motifs is 1. The number of hydrogen-bond acceptors (Lipinski definition) is 4. The molecule has 2 heterocycles. The fourth-order valence-corrected chi connectivity index (χ4v) is 3.97. The summed E-state index contributed by atoms with van der Waals surface area (Å²) in [7, 11) is 0. The van der Waals surface area contributed by atoms with Crippen LogP contribution in [0, 0.1) is 5.92 Å². The van der Waals surface area contributed by atoms with Gasteiger partial charge >= 0.3 is 11.8 Å². The molecule has 0 unspecified atom stereocenters. The van der Waals surface area contributed by atoms with Gasteiger partial charge in [0.25, 0.3) is 0 Å². The number of aromatic amines is 1. The lowest BCUT2D eigenvalue weighted by atomic mass is 9.92. The van der Waals surface area contributed by atoms with Crippen molar-refractivity contribution < 1.29 is 9.32 Å². The van der Waals surface area contributed by atoms with E-state index in [0.717, 1.165) is 30.6 Å². The Kier molecular flexibility index (Phi) is 3.84. The van der Waals surface area contributed by atoms with Gasteiger partial charge in [-0.3, -0.25) is 9.51 Å². The molecule has 0 bridgehead atoms. The van der Waals surface area contributed by atoms with Crippen molar-refractivity contribution in [1.29, 1.82) is 0 Å². The van der Waals surface area contributed by atoms with E-state index in [1.165, 1.54) is 19.3 Å². The van der Waals surface area contributed by atoms with Gasteiger partial charge in [-0.05, 0) is 55.9 Å². The first-order valence-corrected chi connectivity index (χ1v) is 8.45. The van der Waals surface area contributed by atoms with Crippen molar-refractivity contribution in [2.75, 3.05) is 11.9 Å². The monoisotopic (exact) mass is 328 g/mol. The maximum absolute atomic E-state index is 12.6. The zero-order valence-corrected chi connectivity index (χ0v) is 13.3. The van der Waals surface area contributed by atoms with Crippen LogP contribution in [0.15, 0.2) is 33.6 Å². The molecule has 0 radical (unpaired) electrons. The Morgan fingerprint density at radius 3 is 2.75 bits per heavy atom. The Labute approximate surface area is 139 Å². The number of carbonyl (C=O) groups excluding carboxylic acids is 1. The maximum atomic E-state index is 12.6. The molecule has 7 heteroatoms. The SMILES string of the molecule is O=C(Nc1ccc(-c2noc(=O)[nH]2)cc1)N1CCC[C@@H]2CCC[C@H]21. The van der Waals surface area contributed by atoms with Crippen LogP contribution in [0.1, 0.15) is 32.1 Å². The number of nitrogens with zero attached hydrogens (tertiary/aromatic N) is 2. The molecular formula is C17H20N4O3. The van der Waals surface area contributed by atoms with Gasteiger partial charge in [-0.15, -0.1) is 0 Å². The molecular weight excluding hydrogens is 308 g/mol. The van der Waals surface area contributed by atoms with E-state index in [1.807, 2.05) is 4.90 Å². The second-order valence-corrected chi connectivity index (χ2v) is 6.55. The first-order valence-electron chi connectivity index (χ1n) is 8.45. The van der Waals surface area contributed by atoms with E-state index in [4.69, 9.17) is 0 Å². The smallest absolute Gasteiger partial charge is 0.321 e. The van der Waals surface area contributed by atoms with E-state index in [-0.39, 0.29) is 6.03 Å². The number of anilines is 1. The van der Waals surface area contributed by atoms with E-state index in [2.05, 4.69) is 20.0 Å². The van der Waals surface area contributed by atoms with Crippen molar-refractivity contribution in [1.82, 2.24) is 15.0 Å². The van der Waals surface area contributed by atoms with Gasteiger partial charge in [-0.2, -0.15) is 0 Å². The summed E-state index contributed by atoms with van der Waals surface area (Å²) in [5.74, 6) is 0.470.